The van der Waals surface area contributed by atoms with Gasteiger partial charge >= 0.3 is 16.5 Å². The van der Waals surface area contributed by atoms with Crippen LogP contribution in [-0.4, -0.2) is 45.1 Å². The number of hydrogen-bond donors (Lipinski definition) is 4. The van der Waals surface area contributed by atoms with Gasteiger partial charge in [-0.25, -0.2) is 0 Å². The van der Waals surface area contributed by atoms with Crippen molar-refractivity contribution in [3.05, 3.63) is 0 Å². The molecule has 0 heterocycles. The molecule has 0 amide bonds. The Morgan fingerprint density at radius 2 is 1.08 bits per heavy atom. The summed E-state index contributed by atoms with van der Waals surface area (Å²) in [5, 5.41) is 0. The van der Waals surface area contributed by atoms with Crippen molar-refractivity contribution in [3.63, 3.8) is 0 Å². The van der Waals surface area contributed by atoms with Crippen LogP contribution in [0, 0.1) is 0 Å². The molecular weight excluding hydrogens is 220 g/mol. The minimum Gasteiger partial charge on any atom is -0.326 e. The van der Waals surface area contributed by atoms with Crippen molar-refractivity contribution in [1.82, 2.24) is 4.90 Å². The van der Waals surface area contributed by atoms with Gasteiger partial charge in [0, 0.05) is 0 Å². The first kappa shape index (κ1) is 18.9. The van der Waals surface area contributed by atoms with Crippen molar-refractivity contribution >= 4 is 16.5 Å². The SMILES string of the molecule is CCN(C)C.O=[PH](O)O.O=[PH](O)O. The molecule has 0 aliphatic heterocycles. The molecule has 84 valence electrons. The van der Waals surface area contributed by atoms with E-state index >= 15 is 0 Å². The quantitative estimate of drug-likeness (QED) is 0.445. The van der Waals surface area contributed by atoms with E-state index < -0.39 is 16.5 Å². The van der Waals surface area contributed by atoms with Gasteiger partial charge < -0.3 is 24.5 Å². The van der Waals surface area contributed by atoms with E-state index in [-0.39, 0.29) is 0 Å². The van der Waals surface area contributed by atoms with Crippen molar-refractivity contribution in [2.24, 2.45) is 0 Å². The first-order valence-corrected chi connectivity index (χ1v) is 5.83. The zero-order chi connectivity index (χ0) is 11.4. The third-order valence-electron chi connectivity index (χ3n) is 0.632. The zero-order valence-electron chi connectivity index (χ0n) is 7.76. The van der Waals surface area contributed by atoms with E-state index in [9.17, 15) is 0 Å². The fourth-order valence-corrected chi connectivity index (χ4v) is 0. The molecule has 0 aliphatic carbocycles. The molecule has 0 saturated carbocycles. The molecule has 0 aliphatic rings. The summed E-state index contributed by atoms with van der Waals surface area (Å²) in [7, 11) is -2.15. The molecular formula is C4H17NO6P2. The smallest absolute Gasteiger partial charge is 0.314 e. The average molecular weight is 237 g/mol. The summed E-state index contributed by atoms with van der Waals surface area (Å²) >= 11 is 0. The Balaban J connectivity index is -0.000000117. The molecule has 0 aromatic carbocycles. The normalized spacial score (nSPS) is 9.08. The van der Waals surface area contributed by atoms with E-state index in [0.717, 1.165) is 6.54 Å². The highest BCUT2D eigenvalue weighted by atomic mass is 31.1. The van der Waals surface area contributed by atoms with E-state index in [1.807, 2.05) is 0 Å². The van der Waals surface area contributed by atoms with E-state index in [1.165, 1.54) is 0 Å². The molecule has 0 saturated heterocycles. The Hall–Kier alpha value is 0.260. The summed E-state index contributed by atoms with van der Waals surface area (Å²) in [6, 6.07) is 0. The molecule has 4 N–H and O–H groups in total. The summed E-state index contributed by atoms with van der Waals surface area (Å²) in [5.41, 5.74) is 0. The lowest BCUT2D eigenvalue weighted by atomic mass is 10.7. The molecule has 0 atom stereocenters. The lowest BCUT2D eigenvalue weighted by molar-refractivity contribution is 0.403. The van der Waals surface area contributed by atoms with Gasteiger partial charge in [-0.15, -0.1) is 0 Å². The van der Waals surface area contributed by atoms with E-state index in [0.29, 0.717) is 0 Å². The summed E-state index contributed by atoms with van der Waals surface area (Å²) < 4.78 is 17.5. The highest BCUT2D eigenvalue weighted by Gasteiger charge is 1.72. The van der Waals surface area contributed by atoms with Gasteiger partial charge in [0.15, 0.2) is 0 Å². The van der Waals surface area contributed by atoms with Crippen molar-refractivity contribution in [3.8, 4) is 0 Å². The van der Waals surface area contributed by atoms with Crippen LogP contribution >= 0.6 is 16.5 Å². The molecule has 7 nitrogen and oxygen atoms in total. The third kappa shape index (κ3) is 253. The Bertz CT molecular complexity index is 121. The summed E-state index contributed by atoms with van der Waals surface area (Å²) in [4.78, 5) is 30.8. The maximum atomic E-state index is 8.74. The second-order valence-electron chi connectivity index (χ2n) is 1.96. The van der Waals surface area contributed by atoms with Gasteiger partial charge in [-0.3, -0.25) is 9.13 Å². The third-order valence-corrected chi connectivity index (χ3v) is 0.632. The van der Waals surface area contributed by atoms with E-state index in [2.05, 4.69) is 25.9 Å². The maximum absolute atomic E-state index is 8.74. The van der Waals surface area contributed by atoms with Crippen LogP contribution in [0.2, 0.25) is 0 Å². The lowest BCUT2D eigenvalue weighted by Crippen LogP contribution is -2.08. The molecule has 0 bridgehead atoms. The van der Waals surface area contributed by atoms with Crippen LogP contribution in [0.5, 0.6) is 0 Å². The Morgan fingerprint density at radius 1 is 1.00 bits per heavy atom. The summed E-state index contributed by atoms with van der Waals surface area (Å²) in [6.45, 7) is 3.26. The van der Waals surface area contributed by atoms with E-state index in [4.69, 9.17) is 28.7 Å². The fourth-order valence-electron chi connectivity index (χ4n) is 0. The lowest BCUT2D eigenvalue weighted by Gasteiger charge is -2.00. The van der Waals surface area contributed by atoms with Gasteiger partial charge in [-0.2, -0.15) is 0 Å². The Morgan fingerprint density at radius 3 is 1.08 bits per heavy atom. The first-order valence-electron chi connectivity index (χ1n) is 3.22. The van der Waals surface area contributed by atoms with Gasteiger partial charge in [0.05, 0.1) is 0 Å². The van der Waals surface area contributed by atoms with Gasteiger partial charge in [-0.1, -0.05) is 6.92 Å². The second-order valence-corrected chi connectivity index (χ2v) is 3.09. The molecule has 0 fully saturated rings. The average Bonchev–Trinajstić information content (AvgIpc) is 1.84. The topological polar surface area (TPSA) is 118 Å². The molecule has 13 heavy (non-hydrogen) atoms. The van der Waals surface area contributed by atoms with Crippen molar-refractivity contribution in [2.45, 2.75) is 6.92 Å². The van der Waals surface area contributed by atoms with Crippen molar-refractivity contribution < 1.29 is 28.7 Å². The number of hydrogen-bond acceptors (Lipinski definition) is 3. The first-order chi connectivity index (χ1) is 5.73. The molecule has 0 rings (SSSR count). The standard InChI is InChI=1S/C4H11N.2H3O3P/c1-4-5(2)3;2*1-4(2)3/h4H2,1-3H3;2*4H,(H2,1,2,3). The second kappa shape index (κ2) is 14.8. The predicted molar refractivity (Wildman–Crippen MR) is 51.1 cm³/mol. The monoisotopic (exact) mass is 237 g/mol. The van der Waals surface area contributed by atoms with Crippen molar-refractivity contribution in [1.29, 1.82) is 0 Å². The van der Waals surface area contributed by atoms with Gasteiger partial charge in [0.2, 0.25) is 0 Å². The minimum atomic E-state index is -3.13. The Labute approximate surface area is 78.5 Å². The van der Waals surface area contributed by atoms with Crippen LogP contribution in [0.25, 0.3) is 0 Å². The largest absolute Gasteiger partial charge is 0.326 e. The van der Waals surface area contributed by atoms with E-state index in [1.54, 1.807) is 0 Å². The molecule has 0 unspecified atom stereocenters. The predicted octanol–water partition coefficient (Wildman–Crippen LogP) is -0.711. The molecule has 0 spiro atoms. The van der Waals surface area contributed by atoms with Crippen molar-refractivity contribution in [2.75, 3.05) is 20.6 Å². The summed E-state index contributed by atoms with van der Waals surface area (Å²) in [6.07, 6.45) is 0. The van der Waals surface area contributed by atoms with Crippen LogP contribution in [0.3, 0.4) is 0 Å². The number of rotatable bonds is 1. The van der Waals surface area contributed by atoms with Crippen LogP contribution in [-0.2, 0) is 9.13 Å². The Kier molecular flexibility index (Phi) is 21.5. The molecule has 9 heteroatoms. The van der Waals surface area contributed by atoms with Gasteiger partial charge in [0.1, 0.15) is 0 Å². The van der Waals surface area contributed by atoms with Crippen LogP contribution in [0.1, 0.15) is 6.92 Å². The fraction of sp³-hybridized carbons (Fsp3) is 1.00. The maximum Gasteiger partial charge on any atom is 0.314 e. The van der Waals surface area contributed by atoms with Crippen LogP contribution in [0.15, 0.2) is 0 Å². The number of nitrogens with zero attached hydrogens (tertiary/aromatic N) is 1. The summed E-state index contributed by atoms with van der Waals surface area (Å²) in [5.74, 6) is 0. The molecule has 0 aromatic heterocycles. The van der Waals surface area contributed by atoms with Gasteiger partial charge in [0.25, 0.3) is 0 Å². The van der Waals surface area contributed by atoms with Crippen LogP contribution < -0.4 is 0 Å². The minimum absolute atomic E-state index is 1.14. The molecule has 0 radical (unpaired) electrons. The molecule has 0 aromatic rings. The van der Waals surface area contributed by atoms with Gasteiger partial charge in [-0.05, 0) is 20.6 Å². The van der Waals surface area contributed by atoms with Crippen LogP contribution in [0.4, 0.5) is 0 Å². The highest BCUT2D eigenvalue weighted by Crippen LogP contribution is 1.98. The zero-order valence-corrected chi connectivity index (χ0v) is 9.76. The highest BCUT2D eigenvalue weighted by molar-refractivity contribution is 7.31.